The monoisotopic (exact) mass is 263 g/mol. The van der Waals surface area contributed by atoms with Gasteiger partial charge in [0.25, 0.3) is 0 Å². The number of carbonyl (C=O) groups excluding carboxylic acids is 1. The largest absolute Gasteiger partial charge is 0.495 e. The van der Waals surface area contributed by atoms with E-state index in [0.717, 1.165) is 0 Å². The molecule has 0 aromatic carbocycles. The summed E-state index contributed by atoms with van der Waals surface area (Å²) in [5, 5.41) is 1.83. The zero-order valence-corrected chi connectivity index (χ0v) is 11.0. The molecule has 18 heavy (non-hydrogen) atoms. The first-order valence-electron chi connectivity index (χ1n) is 5.50. The fraction of sp³-hybridized carbons (Fsp3) is 0.231. The van der Waals surface area contributed by atoms with E-state index >= 15 is 0 Å². The maximum atomic E-state index is 12.3. The molecule has 2 heterocycles. The van der Waals surface area contributed by atoms with E-state index in [2.05, 4.69) is 4.98 Å². The molecule has 0 spiro atoms. The average Bonchev–Trinajstić information content (AvgIpc) is 2.87. The molecule has 5 heteroatoms. The highest BCUT2D eigenvalue weighted by Crippen LogP contribution is 2.27. The molecule has 0 aliphatic carbocycles. The molecule has 2 rings (SSSR count). The lowest BCUT2D eigenvalue weighted by Gasteiger charge is -2.05. The van der Waals surface area contributed by atoms with Gasteiger partial charge in [-0.15, -0.1) is 11.3 Å². The van der Waals surface area contributed by atoms with Crippen LogP contribution in [-0.4, -0.2) is 24.5 Å². The molecule has 94 valence electrons. The van der Waals surface area contributed by atoms with Crippen LogP contribution in [0.4, 0.5) is 0 Å². The Kier molecular flexibility index (Phi) is 3.94. The lowest BCUT2D eigenvalue weighted by molar-refractivity contribution is 0.103. The predicted molar refractivity (Wildman–Crippen MR) is 69.7 cm³/mol. The van der Waals surface area contributed by atoms with Crippen molar-refractivity contribution in [2.75, 3.05) is 13.7 Å². The van der Waals surface area contributed by atoms with Crippen molar-refractivity contribution in [3.63, 3.8) is 0 Å². The molecule has 0 N–H and O–H groups in total. The minimum Gasteiger partial charge on any atom is -0.495 e. The summed E-state index contributed by atoms with van der Waals surface area (Å²) in [6.45, 7) is 2.43. The second kappa shape index (κ2) is 5.64. The van der Waals surface area contributed by atoms with Gasteiger partial charge in [0.05, 0.1) is 19.9 Å². The molecule has 0 radical (unpaired) electrons. The summed E-state index contributed by atoms with van der Waals surface area (Å²) in [4.78, 5) is 16.9. The van der Waals surface area contributed by atoms with Crippen LogP contribution in [0.25, 0.3) is 0 Å². The molecule has 0 fully saturated rings. The Hall–Kier alpha value is -1.88. The second-order valence-corrected chi connectivity index (χ2v) is 4.41. The van der Waals surface area contributed by atoms with E-state index in [1.54, 1.807) is 25.4 Å². The molecule has 0 saturated carbocycles. The van der Waals surface area contributed by atoms with Gasteiger partial charge in [-0.25, -0.2) is 0 Å². The molecule has 2 aromatic heterocycles. The Bertz CT molecular complexity index is 551. The van der Waals surface area contributed by atoms with Crippen LogP contribution < -0.4 is 9.47 Å². The lowest BCUT2D eigenvalue weighted by atomic mass is 10.1. The van der Waals surface area contributed by atoms with Crippen molar-refractivity contribution in [1.29, 1.82) is 0 Å². The van der Waals surface area contributed by atoms with Crippen LogP contribution >= 0.6 is 11.3 Å². The van der Waals surface area contributed by atoms with E-state index in [-0.39, 0.29) is 5.78 Å². The molecular formula is C13H13NO3S. The molecule has 0 saturated heterocycles. The highest BCUT2D eigenvalue weighted by molar-refractivity contribution is 7.12. The van der Waals surface area contributed by atoms with E-state index in [1.165, 1.54) is 17.5 Å². The van der Waals surface area contributed by atoms with Crippen LogP contribution in [0.15, 0.2) is 29.9 Å². The number of hydrogen-bond acceptors (Lipinski definition) is 5. The van der Waals surface area contributed by atoms with Crippen molar-refractivity contribution in [3.8, 4) is 11.5 Å². The van der Waals surface area contributed by atoms with Crippen LogP contribution in [0.2, 0.25) is 0 Å². The number of pyridine rings is 1. The number of carbonyl (C=O) groups is 1. The van der Waals surface area contributed by atoms with E-state index in [4.69, 9.17) is 9.47 Å². The van der Waals surface area contributed by atoms with Crippen LogP contribution in [0.5, 0.6) is 11.5 Å². The molecule has 0 atom stereocenters. The van der Waals surface area contributed by atoms with Crippen molar-refractivity contribution in [3.05, 3.63) is 40.3 Å². The zero-order chi connectivity index (χ0) is 13.0. The first-order chi connectivity index (χ1) is 8.76. The highest BCUT2D eigenvalue weighted by Gasteiger charge is 2.16. The fourth-order valence-corrected chi connectivity index (χ4v) is 2.36. The highest BCUT2D eigenvalue weighted by atomic mass is 32.1. The van der Waals surface area contributed by atoms with Gasteiger partial charge in [0.15, 0.2) is 0 Å². The maximum absolute atomic E-state index is 12.3. The third-order valence-electron chi connectivity index (χ3n) is 2.34. The van der Waals surface area contributed by atoms with Crippen molar-refractivity contribution < 1.29 is 14.3 Å². The van der Waals surface area contributed by atoms with Crippen molar-refractivity contribution in [2.24, 2.45) is 0 Å². The molecular weight excluding hydrogens is 250 g/mol. The summed E-state index contributed by atoms with van der Waals surface area (Å²) in [5.74, 6) is 1.08. The van der Waals surface area contributed by atoms with Crippen LogP contribution in [0.3, 0.4) is 0 Å². The van der Waals surface area contributed by atoms with Gasteiger partial charge in [-0.1, -0.05) is 0 Å². The maximum Gasteiger partial charge on any atom is 0.208 e. The molecule has 0 aliphatic heterocycles. The van der Waals surface area contributed by atoms with Gasteiger partial charge in [0, 0.05) is 11.8 Å². The number of methoxy groups -OCH3 is 1. The van der Waals surface area contributed by atoms with Gasteiger partial charge in [0.1, 0.15) is 16.4 Å². The first-order valence-corrected chi connectivity index (χ1v) is 6.38. The van der Waals surface area contributed by atoms with Crippen LogP contribution in [0.1, 0.15) is 22.2 Å². The van der Waals surface area contributed by atoms with E-state index in [9.17, 15) is 4.79 Å². The Morgan fingerprint density at radius 2 is 2.28 bits per heavy atom. The van der Waals surface area contributed by atoms with Gasteiger partial charge in [0.2, 0.25) is 5.78 Å². The summed E-state index contributed by atoms with van der Waals surface area (Å²) in [6.07, 6.45) is 3.12. The molecule has 0 aliphatic rings. The van der Waals surface area contributed by atoms with Crippen LogP contribution in [0, 0.1) is 0 Å². The SMILES string of the molecule is CCOc1cncc(C(=O)c2sccc2OC)c1. The number of ketones is 1. The number of aromatic nitrogens is 1. The van der Waals surface area contributed by atoms with Gasteiger partial charge >= 0.3 is 0 Å². The van der Waals surface area contributed by atoms with Gasteiger partial charge in [-0.2, -0.15) is 0 Å². The minimum atomic E-state index is -0.101. The summed E-state index contributed by atoms with van der Waals surface area (Å²) in [7, 11) is 1.55. The summed E-state index contributed by atoms with van der Waals surface area (Å²) < 4.78 is 10.5. The average molecular weight is 263 g/mol. The molecule has 0 unspecified atom stereocenters. The Labute approximate surface area is 109 Å². The second-order valence-electron chi connectivity index (χ2n) is 3.49. The third kappa shape index (κ3) is 2.51. The first kappa shape index (κ1) is 12.6. The standard InChI is InChI=1S/C13H13NO3S/c1-3-17-10-6-9(7-14-8-10)12(15)13-11(16-2)4-5-18-13/h4-8H,3H2,1-2H3. The Morgan fingerprint density at radius 1 is 1.44 bits per heavy atom. The molecule has 0 amide bonds. The normalized spacial score (nSPS) is 10.1. The van der Waals surface area contributed by atoms with E-state index < -0.39 is 0 Å². The Morgan fingerprint density at radius 3 is 3.00 bits per heavy atom. The number of rotatable bonds is 5. The number of hydrogen-bond donors (Lipinski definition) is 0. The summed E-state index contributed by atoms with van der Waals surface area (Å²) in [6, 6.07) is 3.47. The van der Waals surface area contributed by atoms with Gasteiger partial charge in [-0.3, -0.25) is 9.78 Å². The molecule has 4 nitrogen and oxygen atoms in total. The molecule has 0 bridgehead atoms. The zero-order valence-electron chi connectivity index (χ0n) is 10.2. The summed E-state index contributed by atoms with van der Waals surface area (Å²) >= 11 is 1.35. The van der Waals surface area contributed by atoms with E-state index in [0.29, 0.717) is 28.5 Å². The topological polar surface area (TPSA) is 48.4 Å². The molecule has 2 aromatic rings. The van der Waals surface area contributed by atoms with Crippen LogP contribution in [-0.2, 0) is 0 Å². The summed E-state index contributed by atoms with van der Waals surface area (Å²) in [5.41, 5.74) is 0.502. The van der Waals surface area contributed by atoms with Crippen molar-refractivity contribution >= 4 is 17.1 Å². The van der Waals surface area contributed by atoms with Gasteiger partial charge < -0.3 is 9.47 Å². The van der Waals surface area contributed by atoms with Crippen molar-refractivity contribution in [2.45, 2.75) is 6.92 Å². The fourth-order valence-electron chi connectivity index (χ4n) is 1.54. The third-order valence-corrected chi connectivity index (χ3v) is 3.24. The van der Waals surface area contributed by atoms with E-state index in [1.807, 2.05) is 12.3 Å². The minimum absolute atomic E-state index is 0.101. The quantitative estimate of drug-likeness (QED) is 0.778. The number of nitrogens with zero attached hydrogens (tertiary/aromatic N) is 1. The van der Waals surface area contributed by atoms with Crippen molar-refractivity contribution in [1.82, 2.24) is 4.98 Å². The van der Waals surface area contributed by atoms with Gasteiger partial charge in [-0.05, 0) is 24.4 Å². The Balaban J connectivity index is 2.31. The lowest BCUT2D eigenvalue weighted by Crippen LogP contribution is -2.02. The number of ether oxygens (including phenoxy) is 2. The number of thiophene rings is 1. The predicted octanol–water partition coefficient (Wildman–Crippen LogP) is 2.78. The smallest absolute Gasteiger partial charge is 0.208 e.